The smallest absolute Gasteiger partial charge is 0.161 e. The second-order valence-electron chi connectivity index (χ2n) is 5.25. The van der Waals surface area contributed by atoms with Gasteiger partial charge in [-0.1, -0.05) is 25.6 Å². The normalized spacial score (nSPS) is 18.1. The predicted octanol–water partition coefficient (Wildman–Crippen LogP) is 3.63. The second kappa shape index (κ2) is 6.88. The van der Waals surface area contributed by atoms with Crippen LogP contribution in [0.1, 0.15) is 20.3 Å². The van der Waals surface area contributed by atoms with Gasteiger partial charge in [0.2, 0.25) is 0 Å². The minimum absolute atomic E-state index is 0.426. The summed E-state index contributed by atoms with van der Waals surface area (Å²) >= 11 is 1.77. The molecule has 2 rings (SSSR count). The van der Waals surface area contributed by atoms with Gasteiger partial charge < -0.3 is 14.8 Å². The van der Waals surface area contributed by atoms with Crippen molar-refractivity contribution >= 4 is 22.6 Å². The highest BCUT2D eigenvalue weighted by atomic mass is 32.2. The lowest BCUT2D eigenvalue weighted by atomic mass is 10.1. The molecule has 1 aliphatic rings. The minimum atomic E-state index is 0.426. The zero-order valence-electron chi connectivity index (χ0n) is 12.5. The lowest BCUT2D eigenvalue weighted by Crippen LogP contribution is -2.08. The number of anilines is 1. The topological polar surface area (TPSA) is 42.8 Å². The first-order valence-electron chi connectivity index (χ1n) is 6.81. The van der Waals surface area contributed by atoms with Crippen molar-refractivity contribution in [3.63, 3.8) is 0 Å². The lowest BCUT2D eigenvalue weighted by Gasteiger charge is -2.10. The molecule has 110 valence electrons. The van der Waals surface area contributed by atoms with E-state index in [1.807, 2.05) is 18.2 Å². The molecule has 1 unspecified atom stereocenters. The van der Waals surface area contributed by atoms with Gasteiger partial charge in [0.05, 0.1) is 20.3 Å². The average molecular weight is 294 g/mol. The molecule has 1 aromatic carbocycles. The van der Waals surface area contributed by atoms with Crippen LogP contribution in [0.2, 0.25) is 0 Å². The van der Waals surface area contributed by atoms with E-state index in [0.29, 0.717) is 12.0 Å². The second-order valence-corrected chi connectivity index (χ2v) is 6.26. The Morgan fingerprint density at radius 2 is 1.90 bits per heavy atom. The Balaban J connectivity index is 2.06. The molecule has 0 amide bonds. The summed E-state index contributed by atoms with van der Waals surface area (Å²) in [5, 5.41) is 4.32. The monoisotopic (exact) mass is 294 g/mol. The number of amidine groups is 1. The van der Waals surface area contributed by atoms with E-state index in [1.165, 1.54) is 0 Å². The Morgan fingerprint density at radius 1 is 1.25 bits per heavy atom. The highest BCUT2D eigenvalue weighted by Crippen LogP contribution is 2.29. The molecule has 1 aromatic rings. The van der Waals surface area contributed by atoms with Crippen molar-refractivity contribution in [2.75, 3.05) is 25.3 Å². The summed E-state index contributed by atoms with van der Waals surface area (Å²) in [4.78, 5) is 4.72. The molecule has 5 heteroatoms. The van der Waals surface area contributed by atoms with Gasteiger partial charge >= 0.3 is 0 Å². The predicted molar refractivity (Wildman–Crippen MR) is 86.3 cm³/mol. The van der Waals surface area contributed by atoms with E-state index in [-0.39, 0.29) is 0 Å². The Labute approximate surface area is 125 Å². The molecule has 0 radical (unpaired) electrons. The van der Waals surface area contributed by atoms with Gasteiger partial charge in [0, 0.05) is 29.6 Å². The first-order valence-corrected chi connectivity index (χ1v) is 7.80. The Bertz CT molecular complexity index is 467. The van der Waals surface area contributed by atoms with Crippen LogP contribution in [0.15, 0.2) is 23.2 Å². The fraction of sp³-hybridized carbons (Fsp3) is 0.533. The third kappa shape index (κ3) is 4.07. The van der Waals surface area contributed by atoms with Crippen LogP contribution in [-0.2, 0) is 0 Å². The molecule has 0 saturated heterocycles. The van der Waals surface area contributed by atoms with Gasteiger partial charge in [-0.25, -0.2) is 0 Å². The Hall–Kier alpha value is -1.36. The van der Waals surface area contributed by atoms with Crippen LogP contribution in [0, 0.1) is 5.92 Å². The Morgan fingerprint density at radius 3 is 2.45 bits per heavy atom. The van der Waals surface area contributed by atoms with Gasteiger partial charge in [-0.3, -0.25) is 4.99 Å². The molecule has 0 aromatic heterocycles. The van der Waals surface area contributed by atoms with Crippen LogP contribution in [0.5, 0.6) is 11.5 Å². The minimum Gasteiger partial charge on any atom is -0.497 e. The summed E-state index contributed by atoms with van der Waals surface area (Å²) in [7, 11) is 3.30. The largest absolute Gasteiger partial charge is 0.497 e. The zero-order chi connectivity index (χ0) is 14.5. The van der Waals surface area contributed by atoms with Crippen LogP contribution < -0.4 is 14.8 Å². The summed E-state index contributed by atoms with van der Waals surface area (Å²) in [5.41, 5.74) is 0.942. The number of methoxy groups -OCH3 is 2. The number of hydrogen-bond acceptors (Lipinski definition) is 5. The van der Waals surface area contributed by atoms with Crippen molar-refractivity contribution < 1.29 is 9.47 Å². The fourth-order valence-corrected chi connectivity index (χ4v) is 3.13. The van der Waals surface area contributed by atoms with E-state index < -0.39 is 0 Å². The number of rotatable bonds is 5. The van der Waals surface area contributed by atoms with Gasteiger partial charge in [-0.2, -0.15) is 0 Å². The van der Waals surface area contributed by atoms with Crippen LogP contribution >= 0.6 is 11.8 Å². The third-order valence-corrected chi connectivity index (χ3v) is 4.09. The molecule has 4 nitrogen and oxygen atoms in total. The van der Waals surface area contributed by atoms with E-state index >= 15 is 0 Å². The van der Waals surface area contributed by atoms with Gasteiger partial charge in [0.25, 0.3) is 0 Å². The Kier molecular flexibility index (Phi) is 5.17. The fourth-order valence-electron chi connectivity index (χ4n) is 2.15. The summed E-state index contributed by atoms with van der Waals surface area (Å²) < 4.78 is 10.5. The summed E-state index contributed by atoms with van der Waals surface area (Å²) in [6, 6.07) is 6.18. The summed E-state index contributed by atoms with van der Waals surface area (Å²) in [6.45, 7) is 4.47. The molecular weight excluding hydrogens is 272 g/mol. The molecule has 0 aliphatic carbocycles. The van der Waals surface area contributed by atoms with E-state index in [2.05, 4.69) is 19.2 Å². The quantitative estimate of drug-likeness (QED) is 0.900. The molecule has 1 N–H and O–H groups in total. The van der Waals surface area contributed by atoms with Gasteiger partial charge in [0.1, 0.15) is 11.5 Å². The maximum Gasteiger partial charge on any atom is 0.161 e. The van der Waals surface area contributed by atoms with Crippen molar-refractivity contribution in [3.05, 3.63) is 18.2 Å². The lowest BCUT2D eigenvalue weighted by molar-refractivity contribution is 0.395. The van der Waals surface area contributed by atoms with Gasteiger partial charge in [-0.15, -0.1) is 0 Å². The molecule has 0 fully saturated rings. The first-order chi connectivity index (χ1) is 9.60. The van der Waals surface area contributed by atoms with Gasteiger partial charge in [-0.05, 0) is 12.3 Å². The highest BCUT2D eigenvalue weighted by molar-refractivity contribution is 8.14. The van der Waals surface area contributed by atoms with E-state index in [9.17, 15) is 0 Å². The zero-order valence-corrected chi connectivity index (χ0v) is 13.3. The molecular formula is C15H22N2O2S. The number of ether oxygens (including phenoxy) is 2. The molecule has 20 heavy (non-hydrogen) atoms. The van der Waals surface area contributed by atoms with Crippen molar-refractivity contribution in [2.24, 2.45) is 10.9 Å². The molecule has 1 aliphatic heterocycles. The number of thioether (sulfide) groups is 1. The number of hydrogen-bond donors (Lipinski definition) is 1. The van der Waals surface area contributed by atoms with Crippen LogP contribution in [0.25, 0.3) is 0 Å². The number of benzene rings is 1. The maximum absolute atomic E-state index is 5.27. The van der Waals surface area contributed by atoms with Gasteiger partial charge in [0.15, 0.2) is 5.17 Å². The summed E-state index contributed by atoms with van der Waals surface area (Å²) in [5.74, 6) is 3.28. The van der Waals surface area contributed by atoms with Crippen molar-refractivity contribution in [2.45, 2.75) is 26.3 Å². The molecule has 0 bridgehead atoms. The molecule has 0 spiro atoms. The van der Waals surface area contributed by atoms with E-state index in [0.717, 1.165) is 34.5 Å². The summed E-state index contributed by atoms with van der Waals surface area (Å²) in [6.07, 6.45) is 1.14. The third-order valence-electron chi connectivity index (χ3n) is 3.06. The number of nitrogens with zero attached hydrogens (tertiary/aromatic N) is 1. The SMILES string of the molecule is COc1cc(NC2=NC(CC(C)C)CS2)cc(OC)c1. The number of nitrogens with one attached hydrogen (secondary N) is 1. The van der Waals surface area contributed by atoms with E-state index in [1.54, 1.807) is 26.0 Å². The first kappa shape index (κ1) is 15.0. The van der Waals surface area contributed by atoms with Crippen LogP contribution in [0.4, 0.5) is 5.69 Å². The standard InChI is InChI=1S/C15H22N2O2S/c1-10(2)5-12-9-20-15(17-12)16-11-6-13(18-3)8-14(7-11)19-4/h6-8,10,12H,5,9H2,1-4H3,(H,16,17). The molecule has 0 saturated carbocycles. The van der Waals surface area contributed by atoms with Crippen molar-refractivity contribution in [1.82, 2.24) is 0 Å². The van der Waals surface area contributed by atoms with Crippen LogP contribution in [-0.4, -0.2) is 31.2 Å². The van der Waals surface area contributed by atoms with Crippen molar-refractivity contribution in [3.8, 4) is 11.5 Å². The van der Waals surface area contributed by atoms with Crippen molar-refractivity contribution in [1.29, 1.82) is 0 Å². The average Bonchev–Trinajstić information content (AvgIpc) is 2.84. The maximum atomic E-state index is 5.27. The molecule has 1 atom stereocenters. The molecule has 1 heterocycles. The number of aliphatic imine (C=N–C) groups is 1. The highest BCUT2D eigenvalue weighted by Gasteiger charge is 2.19. The van der Waals surface area contributed by atoms with Crippen LogP contribution in [0.3, 0.4) is 0 Å². The van der Waals surface area contributed by atoms with E-state index in [4.69, 9.17) is 14.5 Å².